The van der Waals surface area contributed by atoms with E-state index in [1.807, 2.05) is 6.08 Å². The van der Waals surface area contributed by atoms with Crippen LogP contribution in [0.25, 0.3) is 0 Å². The Hall–Kier alpha value is -1.35. The topological polar surface area (TPSA) is 55.4 Å². The maximum atomic E-state index is 11.6. The van der Waals surface area contributed by atoms with Crippen molar-refractivity contribution in [3.63, 3.8) is 0 Å². The summed E-state index contributed by atoms with van der Waals surface area (Å²) in [6, 6.07) is 0. The van der Waals surface area contributed by atoms with Gasteiger partial charge in [0.15, 0.2) is 0 Å². The first-order valence-electron chi connectivity index (χ1n) is 4.17. The molecule has 0 bridgehead atoms. The van der Waals surface area contributed by atoms with Crippen LogP contribution in [0.3, 0.4) is 0 Å². The average molecular weight is 211 g/mol. The molecule has 1 aliphatic rings. The fourth-order valence-corrected chi connectivity index (χ4v) is 1.17. The van der Waals surface area contributed by atoms with Crippen LogP contribution in [0.2, 0.25) is 0 Å². The number of carbonyl (C=O) groups is 1. The highest BCUT2D eigenvalue weighted by Gasteiger charge is 2.10. The molecule has 1 aliphatic carbocycles. The molecule has 0 aromatic heterocycles. The van der Waals surface area contributed by atoms with Crippen molar-refractivity contribution < 1.29 is 4.79 Å². The third kappa shape index (κ3) is 2.57. The number of hydrogen-bond acceptors (Lipinski definition) is 3. The van der Waals surface area contributed by atoms with Gasteiger partial charge in [-0.1, -0.05) is 23.8 Å². The van der Waals surface area contributed by atoms with Crippen LogP contribution in [0.15, 0.2) is 40.0 Å². The Kier molecular flexibility index (Phi) is 3.65. The van der Waals surface area contributed by atoms with E-state index in [1.165, 1.54) is 0 Å². The summed E-state index contributed by atoms with van der Waals surface area (Å²) in [7, 11) is 0. The van der Waals surface area contributed by atoms with Crippen LogP contribution in [0.5, 0.6) is 0 Å². The molecule has 2 N–H and O–H groups in total. The number of ketones is 1. The molecule has 0 unspecified atom stereocenters. The molecular formula is C10H11ClN2O. The largest absolute Gasteiger partial charge is 0.323 e. The predicted molar refractivity (Wildman–Crippen MR) is 58.1 cm³/mol. The van der Waals surface area contributed by atoms with Gasteiger partial charge >= 0.3 is 0 Å². The molecule has 0 aromatic carbocycles. The summed E-state index contributed by atoms with van der Waals surface area (Å²) in [5.41, 5.74) is 0.833. The van der Waals surface area contributed by atoms with Crippen LogP contribution in [-0.4, -0.2) is 11.5 Å². The molecule has 74 valence electrons. The minimum atomic E-state index is -0.175. The van der Waals surface area contributed by atoms with E-state index in [4.69, 9.17) is 17.4 Å². The Morgan fingerprint density at radius 3 is 2.93 bits per heavy atom. The Morgan fingerprint density at radius 1 is 1.57 bits per heavy atom. The number of hydrazone groups is 1. The van der Waals surface area contributed by atoms with Crippen molar-refractivity contribution >= 4 is 23.1 Å². The lowest BCUT2D eigenvalue weighted by molar-refractivity contribution is -0.109. The van der Waals surface area contributed by atoms with E-state index in [-0.39, 0.29) is 11.5 Å². The van der Waals surface area contributed by atoms with Gasteiger partial charge in [0.25, 0.3) is 0 Å². The highest BCUT2D eigenvalue weighted by Crippen LogP contribution is 2.15. The third-order valence-corrected chi connectivity index (χ3v) is 2.12. The monoisotopic (exact) mass is 210 g/mol. The molecule has 4 heteroatoms. The molecular weight excluding hydrogens is 200 g/mol. The molecule has 0 saturated carbocycles. The van der Waals surface area contributed by atoms with Crippen molar-refractivity contribution in [1.29, 1.82) is 0 Å². The normalized spacial score (nSPS) is 17.1. The number of Topliss-reactive ketones (excluding diaryl/α,β-unsaturated/α-hetero) is 1. The summed E-state index contributed by atoms with van der Waals surface area (Å²) in [6.07, 6.45) is 7.58. The van der Waals surface area contributed by atoms with Gasteiger partial charge in [-0.25, -0.2) is 0 Å². The van der Waals surface area contributed by atoms with Gasteiger partial charge < -0.3 is 5.84 Å². The highest BCUT2D eigenvalue weighted by atomic mass is 35.5. The Labute approximate surface area is 87.6 Å². The van der Waals surface area contributed by atoms with Crippen molar-refractivity contribution in [2.24, 2.45) is 10.9 Å². The number of allylic oxidation sites excluding steroid dienone is 6. The van der Waals surface area contributed by atoms with Crippen LogP contribution < -0.4 is 5.84 Å². The zero-order valence-electron chi connectivity index (χ0n) is 7.83. The summed E-state index contributed by atoms with van der Waals surface area (Å²) >= 11 is 5.80. The van der Waals surface area contributed by atoms with Crippen molar-refractivity contribution in [2.45, 2.75) is 13.3 Å². The first kappa shape index (κ1) is 10.7. The van der Waals surface area contributed by atoms with Gasteiger partial charge in [0.1, 0.15) is 5.71 Å². The highest BCUT2D eigenvalue weighted by molar-refractivity contribution is 6.45. The SMILES string of the molecule is C/C(=N/N)C(=O)C1=CC=C(Cl)CC=C1. The number of halogens is 1. The molecule has 0 saturated heterocycles. The summed E-state index contributed by atoms with van der Waals surface area (Å²) in [5, 5.41) is 4.05. The van der Waals surface area contributed by atoms with Gasteiger partial charge in [-0.05, 0) is 19.1 Å². The van der Waals surface area contributed by atoms with Gasteiger partial charge in [0.05, 0.1) is 0 Å². The van der Waals surface area contributed by atoms with Gasteiger partial charge in [0.2, 0.25) is 5.78 Å². The molecule has 0 radical (unpaired) electrons. The second-order valence-electron chi connectivity index (χ2n) is 2.89. The van der Waals surface area contributed by atoms with Crippen molar-refractivity contribution in [3.05, 3.63) is 34.9 Å². The third-order valence-electron chi connectivity index (χ3n) is 1.84. The van der Waals surface area contributed by atoms with E-state index in [9.17, 15) is 4.79 Å². The average Bonchev–Trinajstić information content (AvgIpc) is 2.40. The number of nitrogens with zero attached hydrogens (tertiary/aromatic N) is 1. The maximum absolute atomic E-state index is 11.6. The van der Waals surface area contributed by atoms with Crippen molar-refractivity contribution in [3.8, 4) is 0 Å². The molecule has 14 heavy (non-hydrogen) atoms. The van der Waals surface area contributed by atoms with Gasteiger partial charge in [-0.3, -0.25) is 4.79 Å². The minimum Gasteiger partial charge on any atom is -0.323 e. The van der Waals surface area contributed by atoms with Crippen LogP contribution in [0.1, 0.15) is 13.3 Å². The van der Waals surface area contributed by atoms with E-state index >= 15 is 0 Å². The number of carbonyl (C=O) groups excluding carboxylic acids is 1. The van der Waals surface area contributed by atoms with E-state index in [1.54, 1.807) is 25.2 Å². The smallest absolute Gasteiger partial charge is 0.208 e. The fourth-order valence-electron chi connectivity index (χ4n) is 1.02. The zero-order valence-corrected chi connectivity index (χ0v) is 8.58. The van der Waals surface area contributed by atoms with Gasteiger partial charge in [0, 0.05) is 17.0 Å². The second kappa shape index (κ2) is 4.77. The first-order valence-corrected chi connectivity index (χ1v) is 4.55. The Morgan fingerprint density at radius 2 is 2.29 bits per heavy atom. The molecule has 3 nitrogen and oxygen atoms in total. The number of nitrogens with two attached hydrogens (primary N) is 1. The Balaban J connectivity index is 2.94. The van der Waals surface area contributed by atoms with Gasteiger partial charge in [-0.15, -0.1) is 0 Å². The second-order valence-corrected chi connectivity index (χ2v) is 3.37. The molecule has 0 aromatic rings. The number of rotatable bonds is 2. The van der Waals surface area contributed by atoms with E-state index in [0.29, 0.717) is 17.0 Å². The lowest BCUT2D eigenvalue weighted by atomic mass is 10.1. The molecule has 0 heterocycles. The fraction of sp³-hybridized carbons (Fsp3) is 0.200. The molecule has 0 spiro atoms. The summed E-state index contributed by atoms with van der Waals surface area (Å²) in [4.78, 5) is 11.6. The lowest BCUT2D eigenvalue weighted by Gasteiger charge is -1.97. The van der Waals surface area contributed by atoms with Crippen molar-refractivity contribution in [1.82, 2.24) is 0 Å². The van der Waals surface area contributed by atoms with Crippen molar-refractivity contribution in [2.75, 3.05) is 0 Å². The zero-order chi connectivity index (χ0) is 10.6. The summed E-state index contributed by atoms with van der Waals surface area (Å²) < 4.78 is 0. The molecule has 0 aliphatic heterocycles. The van der Waals surface area contributed by atoms with E-state index in [0.717, 1.165) is 0 Å². The number of hydrogen-bond donors (Lipinski definition) is 1. The van der Waals surface area contributed by atoms with E-state index < -0.39 is 0 Å². The molecule has 0 fully saturated rings. The molecule has 0 amide bonds. The minimum absolute atomic E-state index is 0.175. The van der Waals surface area contributed by atoms with Crippen LogP contribution >= 0.6 is 11.6 Å². The molecule has 0 atom stereocenters. The summed E-state index contributed by atoms with van der Waals surface area (Å²) in [5.74, 6) is 4.85. The quantitative estimate of drug-likeness (QED) is 0.430. The van der Waals surface area contributed by atoms with Crippen LogP contribution in [0, 0.1) is 0 Å². The first-order chi connectivity index (χ1) is 6.65. The predicted octanol–water partition coefficient (Wildman–Crippen LogP) is 1.90. The summed E-state index contributed by atoms with van der Waals surface area (Å²) in [6.45, 7) is 1.58. The lowest BCUT2D eigenvalue weighted by Crippen LogP contribution is -2.13. The van der Waals surface area contributed by atoms with Crippen LogP contribution in [0.4, 0.5) is 0 Å². The maximum Gasteiger partial charge on any atom is 0.208 e. The standard InChI is InChI=1S/C10H11ClN2O/c1-7(13-12)10(14)8-3-2-4-9(11)6-5-8/h2-3,5-6H,4,12H2,1H3/b13-7-. The van der Waals surface area contributed by atoms with Gasteiger partial charge in [-0.2, -0.15) is 5.10 Å². The molecule has 1 rings (SSSR count). The van der Waals surface area contributed by atoms with E-state index in [2.05, 4.69) is 5.10 Å². The van der Waals surface area contributed by atoms with Crippen LogP contribution in [-0.2, 0) is 4.79 Å². The Bertz CT molecular complexity index is 364.